The number of para-hydroxylation sites is 1. The van der Waals surface area contributed by atoms with Crippen molar-refractivity contribution in [3.05, 3.63) is 77.7 Å². The average molecular weight is 415 g/mol. The van der Waals surface area contributed by atoms with Crippen LogP contribution in [0.3, 0.4) is 0 Å². The van der Waals surface area contributed by atoms with Crippen molar-refractivity contribution in [1.29, 1.82) is 0 Å². The van der Waals surface area contributed by atoms with Crippen molar-refractivity contribution in [2.24, 2.45) is 0 Å². The lowest BCUT2D eigenvalue weighted by molar-refractivity contribution is 0.0877. The Morgan fingerprint density at radius 3 is 2.59 bits per heavy atom. The molecule has 4 rings (SSSR count). The van der Waals surface area contributed by atoms with Gasteiger partial charge in [-0.25, -0.2) is 8.78 Å². The number of nitrogens with zero attached hydrogens (tertiary/aromatic N) is 1. The van der Waals surface area contributed by atoms with E-state index in [1.807, 2.05) is 37.3 Å². The average Bonchev–Trinajstić information content (AvgIpc) is 3.38. The summed E-state index contributed by atoms with van der Waals surface area (Å²) in [5, 5.41) is 3.58. The van der Waals surface area contributed by atoms with Crippen LogP contribution in [0.2, 0.25) is 0 Å². The van der Waals surface area contributed by atoms with Crippen molar-refractivity contribution in [1.82, 2.24) is 10.3 Å². The molecule has 1 aromatic heterocycles. The lowest BCUT2D eigenvalue weighted by atomic mass is 9.86. The van der Waals surface area contributed by atoms with E-state index in [0.29, 0.717) is 30.2 Å². The van der Waals surface area contributed by atoms with Crippen LogP contribution in [0.25, 0.3) is 10.9 Å². The van der Waals surface area contributed by atoms with Crippen LogP contribution in [0, 0.1) is 5.82 Å². The minimum Gasteiger partial charge on any atom is -0.346 e. The van der Waals surface area contributed by atoms with Gasteiger partial charge >= 0.3 is 0 Å². The third-order valence-corrected chi connectivity index (χ3v) is 5.28. The Kier molecular flexibility index (Phi) is 5.94. The predicted octanol–water partition coefficient (Wildman–Crippen LogP) is 5.11. The molecule has 1 N–H and O–H groups in total. The molecular formula is C23H24F2N2OS. The van der Waals surface area contributed by atoms with Gasteiger partial charge in [0.2, 0.25) is 0 Å². The first kappa shape index (κ1) is 21.2. The van der Waals surface area contributed by atoms with Crippen molar-refractivity contribution in [3.8, 4) is 0 Å². The fraction of sp³-hybridized carbons (Fsp3) is 0.304. The van der Waals surface area contributed by atoms with E-state index in [1.165, 1.54) is 12.3 Å². The van der Waals surface area contributed by atoms with E-state index in [2.05, 4.69) is 10.3 Å². The number of carbonyl (C=O) groups excluding carboxylic acids is 1. The molecular weight excluding hydrogens is 390 g/mol. The van der Waals surface area contributed by atoms with Gasteiger partial charge in [0.15, 0.2) is 0 Å². The third kappa shape index (κ3) is 4.93. The number of carbonyl (C=O) groups is 1. The van der Waals surface area contributed by atoms with Crippen LogP contribution in [-0.4, -0.2) is 22.1 Å². The Hall–Kier alpha value is -2.47. The standard InChI is InChI=1S/C23H22F2N2O.H2S/c1-22(15-23(25)10-11-23,13-16-6-3-2-4-7-16)27-21(28)18-12-17-8-5-9-19(24)20(17)26-14-18;/h2-9,12,14H,10-11,13,15H2,1H3,(H,27,28);1H2/t22-;/m0./s1. The smallest absolute Gasteiger partial charge is 0.253 e. The van der Waals surface area contributed by atoms with Gasteiger partial charge in [0.1, 0.15) is 17.0 Å². The van der Waals surface area contributed by atoms with Gasteiger partial charge in [-0.15, -0.1) is 0 Å². The van der Waals surface area contributed by atoms with Crippen LogP contribution < -0.4 is 5.32 Å². The molecule has 2 aromatic carbocycles. The van der Waals surface area contributed by atoms with Gasteiger partial charge in [-0.3, -0.25) is 9.78 Å². The number of amides is 1. The lowest BCUT2D eigenvalue weighted by Gasteiger charge is -2.33. The molecule has 0 unspecified atom stereocenters. The summed E-state index contributed by atoms with van der Waals surface area (Å²) in [5.74, 6) is -0.757. The number of halogens is 2. The van der Waals surface area contributed by atoms with Crippen molar-refractivity contribution < 1.29 is 13.6 Å². The number of alkyl halides is 1. The molecule has 6 heteroatoms. The number of hydrogen-bond donors (Lipinski definition) is 1. The van der Waals surface area contributed by atoms with Crippen molar-refractivity contribution >= 4 is 30.3 Å². The fourth-order valence-electron chi connectivity index (χ4n) is 3.80. The molecule has 1 amide bonds. The SMILES string of the molecule is C[C@](Cc1ccccc1)(CC1(F)CC1)NC(=O)c1cnc2c(F)cccc2c1.S. The second kappa shape index (κ2) is 8.11. The van der Waals surface area contributed by atoms with Crippen LogP contribution in [0.4, 0.5) is 8.78 Å². The van der Waals surface area contributed by atoms with E-state index in [1.54, 1.807) is 18.2 Å². The summed E-state index contributed by atoms with van der Waals surface area (Å²) in [7, 11) is 0. The maximum absolute atomic E-state index is 14.6. The van der Waals surface area contributed by atoms with Crippen molar-refractivity contribution in [2.45, 2.75) is 43.8 Å². The molecule has 152 valence electrons. The molecule has 1 saturated carbocycles. The summed E-state index contributed by atoms with van der Waals surface area (Å²) in [6.07, 6.45) is 3.22. The van der Waals surface area contributed by atoms with Gasteiger partial charge in [0.25, 0.3) is 5.91 Å². The molecule has 0 bridgehead atoms. The number of hydrogen-bond acceptors (Lipinski definition) is 2. The van der Waals surface area contributed by atoms with Crippen LogP contribution in [0.15, 0.2) is 60.8 Å². The van der Waals surface area contributed by atoms with Gasteiger partial charge in [0, 0.05) is 23.5 Å². The highest BCUT2D eigenvalue weighted by Gasteiger charge is 2.48. The summed E-state index contributed by atoms with van der Waals surface area (Å²) in [6, 6.07) is 16.0. The van der Waals surface area contributed by atoms with E-state index < -0.39 is 17.0 Å². The molecule has 1 atom stereocenters. The normalized spacial score (nSPS) is 16.5. The minimum atomic E-state index is -1.21. The highest BCUT2D eigenvalue weighted by atomic mass is 32.1. The van der Waals surface area contributed by atoms with E-state index in [9.17, 15) is 13.6 Å². The monoisotopic (exact) mass is 414 g/mol. The van der Waals surface area contributed by atoms with Gasteiger partial charge in [-0.05, 0) is 43.9 Å². The van der Waals surface area contributed by atoms with E-state index in [4.69, 9.17) is 0 Å². The Morgan fingerprint density at radius 1 is 1.17 bits per heavy atom. The maximum Gasteiger partial charge on any atom is 0.253 e. The number of nitrogens with one attached hydrogen (secondary N) is 1. The van der Waals surface area contributed by atoms with Crippen LogP contribution in [0.1, 0.15) is 42.1 Å². The summed E-state index contributed by atoms with van der Waals surface area (Å²) in [6.45, 7) is 1.88. The van der Waals surface area contributed by atoms with E-state index in [0.717, 1.165) is 5.56 Å². The first-order valence-corrected chi connectivity index (χ1v) is 9.46. The minimum absolute atomic E-state index is 0. The highest BCUT2D eigenvalue weighted by Crippen LogP contribution is 2.46. The number of fused-ring (bicyclic) bond motifs is 1. The molecule has 29 heavy (non-hydrogen) atoms. The number of aromatic nitrogens is 1. The molecule has 3 nitrogen and oxygen atoms in total. The van der Waals surface area contributed by atoms with E-state index >= 15 is 0 Å². The quantitative estimate of drug-likeness (QED) is 0.609. The second-order valence-corrected chi connectivity index (χ2v) is 8.04. The van der Waals surface area contributed by atoms with E-state index in [-0.39, 0.29) is 31.3 Å². The third-order valence-electron chi connectivity index (χ3n) is 5.28. The largest absolute Gasteiger partial charge is 0.346 e. The Bertz CT molecular complexity index is 1020. The highest BCUT2D eigenvalue weighted by molar-refractivity contribution is 7.59. The Labute approximate surface area is 176 Å². The Morgan fingerprint density at radius 2 is 1.90 bits per heavy atom. The van der Waals surface area contributed by atoms with Gasteiger partial charge in [0.05, 0.1) is 5.56 Å². The zero-order valence-electron chi connectivity index (χ0n) is 16.2. The number of pyridine rings is 1. The van der Waals surface area contributed by atoms with Crippen LogP contribution >= 0.6 is 13.5 Å². The Balaban J connectivity index is 0.00000240. The van der Waals surface area contributed by atoms with Gasteiger partial charge < -0.3 is 5.32 Å². The molecule has 0 aliphatic heterocycles. The number of rotatable bonds is 6. The molecule has 1 aliphatic carbocycles. The molecule has 0 saturated heterocycles. The second-order valence-electron chi connectivity index (χ2n) is 8.04. The summed E-state index contributed by atoms with van der Waals surface area (Å²) in [4.78, 5) is 17.0. The molecule has 1 aliphatic rings. The predicted molar refractivity (Wildman–Crippen MR) is 116 cm³/mol. The lowest BCUT2D eigenvalue weighted by Crippen LogP contribution is -2.49. The van der Waals surface area contributed by atoms with Crippen molar-refractivity contribution in [3.63, 3.8) is 0 Å². The zero-order chi connectivity index (χ0) is 19.8. The van der Waals surface area contributed by atoms with Gasteiger partial charge in [-0.1, -0.05) is 42.5 Å². The zero-order valence-corrected chi connectivity index (χ0v) is 17.2. The van der Waals surface area contributed by atoms with Crippen LogP contribution in [-0.2, 0) is 6.42 Å². The van der Waals surface area contributed by atoms with Crippen LogP contribution in [0.5, 0.6) is 0 Å². The fourth-order valence-corrected chi connectivity index (χ4v) is 3.80. The molecule has 0 radical (unpaired) electrons. The maximum atomic E-state index is 14.6. The molecule has 0 spiro atoms. The molecule has 1 fully saturated rings. The summed E-state index contributed by atoms with van der Waals surface area (Å²) in [5.41, 5.74) is -0.344. The summed E-state index contributed by atoms with van der Waals surface area (Å²) >= 11 is 0. The molecule has 1 heterocycles. The summed E-state index contributed by atoms with van der Waals surface area (Å²) < 4.78 is 28.4. The van der Waals surface area contributed by atoms with Gasteiger partial charge in [-0.2, -0.15) is 13.5 Å². The first-order valence-electron chi connectivity index (χ1n) is 9.46. The number of benzene rings is 2. The topological polar surface area (TPSA) is 42.0 Å². The van der Waals surface area contributed by atoms with Crippen molar-refractivity contribution in [2.75, 3.05) is 0 Å². The molecule has 3 aromatic rings. The first-order chi connectivity index (χ1) is 13.4.